The number of rotatable bonds is 3. The van der Waals surface area contributed by atoms with Gasteiger partial charge in [-0.1, -0.05) is 6.07 Å². The molecule has 152 valence electrons. The second-order valence-corrected chi connectivity index (χ2v) is 7.39. The molecule has 1 aliphatic carbocycles. The summed E-state index contributed by atoms with van der Waals surface area (Å²) in [5.74, 6) is 0.459. The van der Waals surface area contributed by atoms with Crippen LogP contribution in [0.1, 0.15) is 23.2 Å². The van der Waals surface area contributed by atoms with Crippen LogP contribution in [0, 0.1) is 11.3 Å². The second kappa shape index (κ2) is 7.46. The SMILES string of the molecule is N#Cc1cccc(NC(=O)Nc2ccc(-n3c4c(c5ncnc(N)c53)CCC4)cc2)c1. The maximum atomic E-state index is 12.3. The fraction of sp³-hybridized carbons (Fsp3) is 0.130. The highest BCUT2D eigenvalue weighted by Crippen LogP contribution is 2.36. The van der Waals surface area contributed by atoms with E-state index in [4.69, 9.17) is 11.0 Å². The zero-order valence-electron chi connectivity index (χ0n) is 16.6. The fourth-order valence-electron chi connectivity index (χ4n) is 4.14. The van der Waals surface area contributed by atoms with Crippen LogP contribution < -0.4 is 16.4 Å². The van der Waals surface area contributed by atoms with Crippen LogP contribution in [0.4, 0.5) is 22.0 Å². The predicted molar refractivity (Wildman–Crippen MR) is 119 cm³/mol. The maximum Gasteiger partial charge on any atom is 0.323 e. The molecule has 2 aromatic heterocycles. The van der Waals surface area contributed by atoms with Crippen LogP contribution in [0.15, 0.2) is 54.9 Å². The van der Waals surface area contributed by atoms with Gasteiger partial charge in [-0.15, -0.1) is 0 Å². The molecule has 8 nitrogen and oxygen atoms in total. The van der Waals surface area contributed by atoms with E-state index >= 15 is 0 Å². The van der Waals surface area contributed by atoms with Gasteiger partial charge in [0, 0.05) is 22.8 Å². The Morgan fingerprint density at radius 3 is 2.68 bits per heavy atom. The summed E-state index contributed by atoms with van der Waals surface area (Å²) in [6, 6.07) is 16.0. The van der Waals surface area contributed by atoms with Crippen LogP contribution in [0.3, 0.4) is 0 Å². The summed E-state index contributed by atoms with van der Waals surface area (Å²) in [4.78, 5) is 21.0. The summed E-state index contributed by atoms with van der Waals surface area (Å²) >= 11 is 0. The molecule has 4 aromatic rings. The van der Waals surface area contributed by atoms with Crippen molar-refractivity contribution in [2.75, 3.05) is 16.4 Å². The molecule has 0 saturated carbocycles. The van der Waals surface area contributed by atoms with Crippen molar-refractivity contribution in [1.29, 1.82) is 5.26 Å². The molecule has 0 bridgehead atoms. The van der Waals surface area contributed by atoms with Gasteiger partial charge in [-0.05, 0) is 67.3 Å². The molecule has 4 N–H and O–H groups in total. The highest BCUT2D eigenvalue weighted by atomic mass is 16.2. The number of nitrogen functional groups attached to an aromatic ring is 1. The summed E-state index contributed by atoms with van der Waals surface area (Å²) in [6.07, 6.45) is 4.56. The van der Waals surface area contributed by atoms with Gasteiger partial charge >= 0.3 is 6.03 Å². The van der Waals surface area contributed by atoms with Gasteiger partial charge in [-0.2, -0.15) is 5.26 Å². The van der Waals surface area contributed by atoms with E-state index < -0.39 is 0 Å². The minimum Gasteiger partial charge on any atom is -0.382 e. The van der Waals surface area contributed by atoms with Crippen molar-refractivity contribution in [2.24, 2.45) is 0 Å². The van der Waals surface area contributed by atoms with E-state index in [9.17, 15) is 4.79 Å². The lowest BCUT2D eigenvalue weighted by Gasteiger charge is -2.12. The lowest BCUT2D eigenvalue weighted by Crippen LogP contribution is -2.19. The number of hydrogen-bond acceptors (Lipinski definition) is 5. The Kier molecular flexibility index (Phi) is 4.49. The number of carbonyl (C=O) groups excluding carboxylic acids is 1. The zero-order chi connectivity index (χ0) is 21.4. The molecule has 31 heavy (non-hydrogen) atoms. The van der Waals surface area contributed by atoms with Crippen LogP contribution in [0.2, 0.25) is 0 Å². The number of aryl methyl sites for hydroxylation is 1. The van der Waals surface area contributed by atoms with Crippen LogP contribution in [0.25, 0.3) is 16.7 Å². The van der Waals surface area contributed by atoms with Crippen molar-refractivity contribution in [1.82, 2.24) is 14.5 Å². The highest BCUT2D eigenvalue weighted by Gasteiger charge is 2.25. The average molecular weight is 409 g/mol. The monoisotopic (exact) mass is 409 g/mol. The number of anilines is 3. The number of nitrogens with two attached hydrogens (primary N) is 1. The van der Waals surface area contributed by atoms with Crippen LogP contribution in [-0.4, -0.2) is 20.6 Å². The van der Waals surface area contributed by atoms with Crippen molar-refractivity contribution in [2.45, 2.75) is 19.3 Å². The van der Waals surface area contributed by atoms with Gasteiger partial charge in [-0.3, -0.25) is 0 Å². The second-order valence-electron chi connectivity index (χ2n) is 7.39. The third-order valence-electron chi connectivity index (χ3n) is 5.45. The quantitative estimate of drug-likeness (QED) is 0.472. The van der Waals surface area contributed by atoms with Crippen molar-refractivity contribution < 1.29 is 4.79 Å². The molecule has 1 aliphatic rings. The van der Waals surface area contributed by atoms with E-state index in [1.54, 1.807) is 24.3 Å². The summed E-state index contributed by atoms with van der Waals surface area (Å²) < 4.78 is 2.13. The molecular formula is C23H19N7O. The van der Waals surface area contributed by atoms with E-state index in [1.165, 1.54) is 17.6 Å². The summed E-state index contributed by atoms with van der Waals surface area (Å²) in [6.45, 7) is 0. The van der Waals surface area contributed by atoms with Crippen LogP contribution >= 0.6 is 0 Å². The van der Waals surface area contributed by atoms with Gasteiger partial charge in [0.2, 0.25) is 0 Å². The van der Waals surface area contributed by atoms with E-state index in [0.717, 1.165) is 36.0 Å². The minimum absolute atomic E-state index is 0.382. The number of fused-ring (bicyclic) bond motifs is 3. The van der Waals surface area contributed by atoms with E-state index in [-0.39, 0.29) is 6.03 Å². The van der Waals surface area contributed by atoms with Crippen LogP contribution in [-0.2, 0) is 12.8 Å². The van der Waals surface area contributed by atoms with E-state index in [2.05, 4.69) is 31.2 Å². The number of amides is 2. The molecule has 0 fully saturated rings. The van der Waals surface area contributed by atoms with E-state index in [1.807, 2.05) is 24.3 Å². The molecule has 2 aromatic carbocycles. The highest BCUT2D eigenvalue weighted by molar-refractivity contribution is 6.00. The Morgan fingerprint density at radius 2 is 1.87 bits per heavy atom. The molecule has 0 saturated heterocycles. The lowest BCUT2D eigenvalue weighted by molar-refractivity contribution is 0.262. The lowest BCUT2D eigenvalue weighted by atomic mass is 10.2. The Labute approximate surface area is 178 Å². The normalized spacial score (nSPS) is 12.4. The Balaban J connectivity index is 1.40. The number of nitrogens with zero attached hydrogens (tertiary/aromatic N) is 4. The topological polar surface area (TPSA) is 122 Å². The van der Waals surface area contributed by atoms with Crippen LogP contribution in [0.5, 0.6) is 0 Å². The number of urea groups is 1. The maximum absolute atomic E-state index is 12.3. The van der Waals surface area contributed by atoms with Crippen molar-refractivity contribution >= 4 is 34.3 Å². The van der Waals surface area contributed by atoms with Gasteiger partial charge in [0.05, 0.1) is 17.1 Å². The van der Waals surface area contributed by atoms with Gasteiger partial charge in [0.15, 0.2) is 5.82 Å². The first-order chi connectivity index (χ1) is 15.1. The average Bonchev–Trinajstić information content (AvgIpc) is 3.36. The third kappa shape index (κ3) is 3.32. The van der Waals surface area contributed by atoms with Crippen molar-refractivity contribution in [3.63, 3.8) is 0 Å². The third-order valence-corrected chi connectivity index (χ3v) is 5.45. The zero-order valence-corrected chi connectivity index (χ0v) is 16.6. The molecule has 0 unspecified atom stereocenters. The fourth-order valence-corrected chi connectivity index (χ4v) is 4.14. The van der Waals surface area contributed by atoms with Gasteiger partial charge in [-0.25, -0.2) is 14.8 Å². The number of aromatic nitrogens is 3. The standard InChI is InChI=1S/C23H19N7O/c24-12-14-3-1-4-16(11-14)29-23(31)28-15-7-9-17(10-8-15)30-19-6-2-5-18(19)20-21(30)22(25)27-13-26-20/h1,3-4,7-11,13H,2,5-6H2,(H2,25,26,27)(H2,28,29,31). The van der Waals surface area contributed by atoms with Gasteiger partial charge in [0.1, 0.15) is 11.8 Å². The first kappa shape index (κ1) is 18.6. The molecular weight excluding hydrogens is 390 g/mol. The van der Waals surface area contributed by atoms with E-state index in [0.29, 0.717) is 22.8 Å². The molecule has 2 heterocycles. The molecule has 8 heteroatoms. The number of hydrogen-bond donors (Lipinski definition) is 3. The largest absolute Gasteiger partial charge is 0.382 e. The molecule has 0 atom stereocenters. The molecule has 2 amide bonds. The number of carbonyl (C=O) groups is 1. The number of benzene rings is 2. The first-order valence-electron chi connectivity index (χ1n) is 9.95. The number of nitrogens with one attached hydrogen (secondary N) is 2. The summed E-state index contributed by atoms with van der Waals surface area (Å²) in [7, 11) is 0. The summed E-state index contributed by atoms with van der Waals surface area (Å²) in [5, 5.41) is 14.5. The molecule has 0 aliphatic heterocycles. The summed E-state index contributed by atoms with van der Waals surface area (Å²) in [5.41, 5.74) is 13.0. The predicted octanol–water partition coefficient (Wildman–Crippen LogP) is 4.01. The number of nitriles is 1. The minimum atomic E-state index is -0.382. The Morgan fingerprint density at radius 1 is 1.06 bits per heavy atom. The Hall–Kier alpha value is -4.38. The van der Waals surface area contributed by atoms with Crippen molar-refractivity contribution in [3.05, 3.63) is 71.7 Å². The molecule has 0 spiro atoms. The Bertz CT molecular complexity index is 1350. The van der Waals surface area contributed by atoms with Gasteiger partial charge < -0.3 is 20.9 Å². The van der Waals surface area contributed by atoms with Crippen molar-refractivity contribution in [3.8, 4) is 11.8 Å². The molecule has 5 rings (SSSR count). The first-order valence-corrected chi connectivity index (χ1v) is 9.95. The smallest absolute Gasteiger partial charge is 0.323 e. The van der Waals surface area contributed by atoms with Gasteiger partial charge in [0.25, 0.3) is 0 Å². The molecule has 0 radical (unpaired) electrons.